The topological polar surface area (TPSA) is 39.4 Å². The van der Waals surface area contributed by atoms with E-state index in [2.05, 4.69) is 0 Å². The summed E-state index contributed by atoms with van der Waals surface area (Å²) in [4.78, 5) is 11.9. The molecular weight excluding hydrogens is 216 g/mol. The number of esters is 1. The van der Waals surface area contributed by atoms with Gasteiger partial charge in [0.25, 0.3) is 0 Å². The van der Waals surface area contributed by atoms with E-state index >= 15 is 0 Å². The molecule has 17 heavy (non-hydrogen) atoms. The van der Waals surface area contributed by atoms with Gasteiger partial charge in [0.15, 0.2) is 0 Å². The SMILES string of the molecule is CC(C)=CC(C(=O)OCc1ccoc1)=C(C)C. The van der Waals surface area contributed by atoms with Gasteiger partial charge >= 0.3 is 5.97 Å². The van der Waals surface area contributed by atoms with Gasteiger partial charge in [-0.25, -0.2) is 4.79 Å². The Kier molecular flexibility index (Phi) is 4.76. The van der Waals surface area contributed by atoms with Crippen molar-refractivity contribution in [1.29, 1.82) is 0 Å². The van der Waals surface area contributed by atoms with Crippen LogP contribution in [-0.4, -0.2) is 5.97 Å². The molecule has 0 saturated heterocycles. The van der Waals surface area contributed by atoms with Crippen molar-refractivity contribution in [3.8, 4) is 0 Å². The Hall–Kier alpha value is -1.77. The summed E-state index contributed by atoms with van der Waals surface area (Å²) in [5.41, 5.74) is 3.49. The van der Waals surface area contributed by atoms with Crippen LogP contribution in [0.4, 0.5) is 0 Å². The van der Waals surface area contributed by atoms with Gasteiger partial charge < -0.3 is 9.15 Å². The molecule has 0 amide bonds. The highest BCUT2D eigenvalue weighted by Gasteiger charge is 2.10. The fourth-order valence-corrected chi connectivity index (χ4v) is 1.30. The van der Waals surface area contributed by atoms with Gasteiger partial charge in [-0.1, -0.05) is 11.1 Å². The van der Waals surface area contributed by atoms with E-state index < -0.39 is 0 Å². The second-order valence-corrected chi connectivity index (χ2v) is 4.34. The molecule has 0 bridgehead atoms. The lowest BCUT2D eigenvalue weighted by Crippen LogP contribution is -2.08. The van der Waals surface area contributed by atoms with Crippen molar-refractivity contribution in [2.75, 3.05) is 0 Å². The average molecular weight is 234 g/mol. The summed E-state index contributed by atoms with van der Waals surface area (Å²) in [5, 5.41) is 0. The fourth-order valence-electron chi connectivity index (χ4n) is 1.30. The number of hydrogen-bond donors (Lipinski definition) is 0. The summed E-state index contributed by atoms with van der Waals surface area (Å²) >= 11 is 0. The molecule has 0 saturated carbocycles. The second kappa shape index (κ2) is 6.09. The van der Waals surface area contributed by atoms with E-state index in [0.717, 1.165) is 16.7 Å². The van der Waals surface area contributed by atoms with Crippen LogP contribution in [-0.2, 0) is 16.1 Å². The Morgan fingerprint density at radius 2 is 2.06 bits per heavy atom. The summed E-state index contributed by atoms with van der Waals surface area (Å²) < 4.78 is 10.1. The van der Waals surface area contributed by atoms with Gasteiger partial charge in [0.05, 0.1) is 18.1 Å². The molecule has 0 aliphatic rings. The van der Waals surface area contributed by atoms with Crippen LogP contribution >= 0.6 is 0 Å². The lowest BCUT2D eigenvalue weighted by Gasteiger charge is -2.06. The third-order valence-corrected chi connectivity index (χ3v) is 2.14. The zero-order chi connectivity index (χ0) is 12.8. The molecular formula is C14H18O3. The molecule has 1 rings (SSSR count). The Morgan fingerprint density at radius 1 is 1.35 bits per heavy atom. The van der Waals surface area contributed by atoms with Crippen molar-refractivity contribution in [3.05, 3.63) is 47.0 Å². The molecule has 0 N–H and O–H groups in total. The molecule has 0 aliphatic carbocycles. The Morgan fingerprint density at radius 3 is 2.53 bits per heavy atom. The van der Waals surface area contributed by atoms with Crippen molar-refractivity contribution in [2.45, 2.75) is 34.3 Å². The molecule has 0 unspecified atom stereocenters. The Balaban J connectivity index is 2.68. The number of hydrogen-bond acceptors (Lipinski definition) is 3. The van der Waals surface area contributed by atoms with Crippen molar-refractivity contribution in [3.63, 3.8) is 0 Å². The molecule has 1 aromatic rings. The number of furan rings is 1. The first kappa shape index (κ1) is 13.3. The number of allylic oxidation sites excluding steroid dienone is 2. The molecule has 0 spiro atoms. The van der Waals surface area contributed by atoms with E-state index in [1.807, 2.05) is 33.8 Å². The monoisotopic (exact) mass is 234 g/mol. The second-order valence-electron chi connectivity index (χ2n) is 4.34. The van der Waals surface area contributed by atoms with E-state index in [4.69, 9.17) is 9.15 Å². The molecule has 1 heterocycles. The van der Waals surface area contributed by atoms with E-state index in [1.165, 1.54) is 0 Å². The van der Waals surface area contributed by atoms with Crippen LogP contribution in [0.2, 0.25) is 0 Å². The first-order chi connectivity index (χ1) is 8.00. The molecule has 0 radical (unpaired) electrons. The molecule has 0 fully saturated rings. The first-order valence-electron chi connectivity index (χ1n) is 5.51. The van der Waals surface area contributed by atoms with Gasteiger partial charge in [-0.15, -0.1) is 0 Å². The number of ether oxygens (including phenoxy) is 1. The Bertz CT molecular complexity index is 428. The minimum absolute atomic E-state index is 0.239. The van der Waals surface area contributed by atoms with Crippen LogP contribution in [0.15, 0.2) is 45.8 Å². The maximum atomic E-state index is 11.9. The highest BCUT2D eigenvalue weighted by molar-refractivity contribution is 5.92. The highest BCUT2D eigenvalue weighted by Crippen LogP contribution is 2.12. The summed E-state index contributed by atoms with van der Waals surface area (Å²) in [6, 6.07) is 1.77. The van der Waals surface area contributed by atoms with Crippen LogP contribution < -0.4 is 0 Å². The third-order valence-electron chi connectivity index (χ3n) is 2.14. The Labute approximate surface area is 102 Å². The number of carbonyl (C=O) groups is 1. The zero-order valence-electron chi connectivity index (χ0n) is 10.7. The predicted molar refractivity (Wildman–Crippen MR) is 66.3 cm³/mol. The summed E-state index contributed by atoms with van der Waals surface area (Å²) in [6.45, 7) is 7.93. The largest absolute Gasteiger partial charge is 0.472 e. The van der Waals surface area contributed by atoms with E-state index in [1.54, 1.807) is 18.6 Å². The van der Waals surface area contributed by atoms with Gasteiger partial charge in [0.1, 0.15) is 6.61 Å². The van der Waals surface area contributed by atoms with Crippen molar-refractivity contribution in [1.82, 2.24) is 0 Å². The quantitative estimate of drug-likeness (QED) is 0.453. The molecule has 0 aromatic carbocycles. The third kappa shape index (κ3) is 4.31. The van der Waals surface area contributed by atoms with Crippen LogP contribution in [0.5, 0.6) is 0 Å². The first-order valence-corrected chi connectivity index (χ1v) is 5.51. The van der Waals surface area contributed by atoms with Gasteiger partial charge in [-0.2, -0.15) is 0 Å². The summed E-state index contributed by atoms with van der Waals surface area (Å²) in [6.07, 6.45) is 4.96. The van der Waals surface area contributed by atoms with Gasteiger partial charge in [0.2, 0.25) is 0 Å². The van der Waals surface area contributed by atoms with Crippen molar-refractivity contribution >= 4 is 5.97 Å². The zero-order valence-corrected chi connectivity index (χ0v) is 10.7. The van der Waals surface area contributed by atoms with E-state index in [-0.39, 0.29) is 12.6 Å². The maximum Gasteiger partial charge on any atom is 0.338 e. The fraction of sp³-hybridized carbons (Fsp3) is 0.357. The van der Waals surface area contributed by atoms with Crippen LogP contribution in [0.1, 0.15) is 33.3 Å². The molecule has 1 aromatic heterocycles. The number of carbonyl (C=O) groups excluding carboxylic acids is 1. The molecule has 0 atom stereocenters. The molecule has 92 valence electrons. The standard InChI is InChI=1S/C14H18O3/c1-10(2)7-13(11(3)4)14(15)17-9-12-5-6-16-8-12/h5-8H,9H2,1-4H3. The van der Waals surface area contributed by atoms with Gasteiger partial charge in [-0.05, 0) is 39.8 Å². The number of rotatable bonds is 4. The van der Waals surface area contributed by atoms with Crippen LogP contribution in [0.25, 0.3) is 0 Å². The normalized spacial score (nSPS) is 9.65. The average Bonchev–Trinajstić information content (AvgIpc) is 2.74. The molecule has 3 heteroatoms. The van der Waals surface area contributed by atoms with Crippen LogP contribution in [0.3, 0.4) is 0 Å². The van der Waals surface area contributed by atoms with Gasteiger partial charge in [-0.3, -0.25) is 0 Å². The lowest BCUT2D eigenvalue weighted by atomic mass is 10.1. The summed E-state index contributed by atoms with van der Waals surface area (Å²) in [5.74, 6) is -0.299. The smallest absolute Gasteiger partial charge is 0.338 e. The van der Waals surface area contributed by atoms with E-state index in [9.17, 15) is 4.79 Å². The summed E-state index contributed by atoms with van der Waals surface area (Å²) in [7, 11) is 0. The van der Waals surface area contributed by atoms with Crippen molar-refractivity contribution < 1.29 is 13.9 Å². The van der Waals surface area contributed by atoms with E-state index in [0.29, 0.717) is 5.57 Å². The lowest BCUT2D eigenvalue weighted by molar-refractivity contribution is -0.139. The minimum Gasteiger partial charge on any atom is -0.472 e. The predicted octanol–water partition coefficient (Wildman–Crippen LogP) is 3.63. The minimum atomic E-state index is -0.299. The maximum absolute atomic E-state index is 11.9. The van der Waals surface area contributed by atoms with Crippen molar-refractivity contribution in [2.24, 2.45) is 0 Å². The molecule has 3 nitrogen and oxygen atoms in total. The van der Waals surface area contributed by atoms with Crippen LogP contribution in [0, 0.1) is 0 Å². The molecule has 0 aliphatic heterocycles. The van der Waals surface area contributed by atoms with Gasteiger partial charge in [0, 0.05) is 5.56 Å². The highest BCUT2D eigenvalue weighted by atomic mass is 16.5.